The molecule has 0 bridgehead atoms. The summed E-state index contributed by atoms with van der Waals surface area (Å²) in [6.07, 6.45) is 2.67. The predicted molar refractivity (Wildman–Crippen MR) is 57.7 cm³/mol. The molecular weight excluding hydrogens is 200 g/mol. The zero-order valence-electron chi connectivity index (χ0n) is 8.46. The SMILES string of the molecule is COc1ncc(CC(C)CN)cc1Cl. The number of nitrogens with two attached hydrogens (primary N) is 1. The van der Waals surface area contributed by atoms with Gasteiger partial charge in [-0.15, -0.1) is 0 Å². The number of halogens is 1. The largest absolute Gasteiger partial charge is 0.480 e. The minimum Gasteiger partial charge on any atom is -0.480 e. The predicted octanol–water partition coefficient (Wildman–Crippen LogP) is 1.88. The zero-order valence-corrected chi connectivity index (χ0v) is 9.21. The molecule has 0 aliphatic rings. The Morgan fingerprint density at radius 2 is 2.36 bits per heavy atom. The highest BCUT2D eigenvalue weighted by molar-refractivity contribution is 6.31. The van der Waals surface area contributed by atoms with E-state index in [1.807, 2.05) is 6.07 Å². The van der Waals surface area contributed by atoms with Crippen LogP contribution in [-0.4, -0.2) is 18.6 Å². The molecule has 0 radical (unpaired) electrons. The van der Waals surface area contributed by atoms with Crippen LogP contribution in [0.1, 0.15) is 12.5 Å². The maximum atomic E-state index is 5.94. The molecule has 1 aromatic heterocycles. The van der Waals surface area contributed by atoms with E-state index in [0.717, 1.165) is 12.0 Å². The lowest BCUT2D eigenvalue weighted by atomic mass is 10.0. The van der Waals surface area contributed by atoms with Crippen molar-refractivity contribution in [2.75, 3.05) is 13.7 Å². The molecule has 1 heterocycles. The number of nitrogens with zero attached hydrogens (tertiary/aromatic N) is 1. The summed E-state index contributed by atoms with van der Waals surface area (Å²) in [6, 6.07) is 1.87. The molecule has 0 amide bonds. The fourth-order valence-corrected chi connectivity index (χ4v) is 1.48. The van der Waals surface area contributed by atoms with Crippen molar-refractivity contribution in [3.63, 3.8) is 0 Å². The van der Waals surface area contributed by atoms with Crippen LogP contribution in [0.2, 0.25) is 5.02 Å². The van der Waals surface area contributed by atoms with E-state index in [2.05, 4.69) is 11.9 Å². The lowest BCUT2D eigenvalue weighted by molar-refractivity contribution is 0.397. The van der Waals surface area contributed by atoms with Crippen molar-refractivity contribution in [1.82, 2.24) is 4.98 Å². The van der Waals surface area contributed by atoms with Gasteiger partial charge in [0, 0.05) is 6.20 Å². The van der Waals surface area contributed by atoms with Crippen LogP contribution in [0, 0.1) is 5.92 Å². The lowest BCUT2D eigenvalue weighted by Crippen LogP contribution is -2.13. The fourth-order valence-electron chi connectivity index (χ4n) is 1.21. The third-order valence-corrected chi connectivity index (χ3v) is 2.31. The van der Waals surface area contributed by atoms with Gasteiger partial charge >= 0.3 is 0 Å². The zero-order chi connectivity index (χ0) is 10.6. The third-order valence-electron chi connectivity index (χ3n) is 2.04. The molecular formula is C10H15ClN2O. The standard InChI is InChI=1S/C10H15ClN2O/c1-7(5-12)3-8-4-9(11)10(14-2)13-6-8/h4,6-7H,3,5,12H2,1-2H3. The van der Waals surface area contributed by atoms with Crippen LogP contribution >= 0.6 is 11.6 Å². The molecule has 2 N–H and O–H groups in total. The van der Waals surface area contributed by atoms with E-state index in [9.17, 15) is 0 Å². The molecule has 4 heteroatoms. The monoisotopic (exact) mass is 214 g/mol. The van der Waals surface area contributed by atoms with Crippen molar-refractivity contribution in [2.24, 2.45) is 11.7 Å². The van der Waals surface area contributed by atoms with Crippen molar-refractivity contribution in [3.05, 3.63) is 22.8 Å². The van der Waals surface area contributed by atoms with E-state index in [4.69, 9.17) is 22.1 Å². The summed E-state index contributed by atoms with van der Waals surface area (Å²) in [5, 5.41) is 0.550. The highest BCUT2D eigenvalue weighted by Crippen LogP contribution is 2.22. The molecule has 0 aliphatic heterocycles. The molecule has 78 valence electrons. The molecule has 0 fully saturated rings. The first kappa shape index (κ1) is 11.3. The molecule has 1 atom stereocenters. The van der Waals surface area contributed by atoms with Gasteiger partial charge in [-0.2, -0.15) is 0 Å². The summed E-state index contributed by atoms with van der Waals surface area (Å²) in [6.45, 7) is 2.77. The summed E-state index contributed by atoms with van der Waals surface area (Å²) < 4.78 is 4.96. The fraction of sp³-hybridized carbons (Fsp3) is 0.500. The molecule has 1 unspecified atom stereocenters. The first-order valence-corrected chi connectivity index (χ1v) is 4.93. The van der Waals surface area contributed by atoms with E-state index in [-0.39, 0.29) is 0 Å². The Balaban J connectivity index is 2.76. The van der Waals surface area contributed by atoms with E-state index < -0.39 is 0 Å². The molecule has 0 saturated heterocycles. The van der Waals surface area contributed by atoms with Gasteiger partial charge in [0.25, 0.3) is 0 Å². The summed E-state index contributed by atoms with van der Waals surface area (Å²) in [7, 11) is 1.55. The highest BCUT2D eigenvalue weighted by Gasteiger charge is 2.06. The molecule has 0 spiro atoms. The summed E-state index contributed by atoms with van der Waals surface area (Å²) in [5.41, 5.74) is 6.63. The average Bonchev–Trinajstić information content (AvgIpc) is 2.18. The molecule has 3 nitrogen and oxygen atoms in total. The molecule has 0 saturated carbocycles. The molecule has 0 aromatic carbocycles. The van der Waals surface area contributed by atoms with Crippen molar-refractivity contribution < 1.29 is 4.74 Å². The Morgan fingerprint density at radius 3 is 2.86 bits per heavy atom. The Bertz CT molecular complexity index is 304. The van der Waals surface area contributed by atoms with Crippen LogP contribution < -0.4 is 10.5 Å². The first-order valence-electron chi connectivity index (χ1n) is 4.55. The van der Waals surface area contributed by atoms with Crippen molar-refractivity contribution in [2.45, 2.75) is 13.3 Å². The Morgan fingerprint density at radius 1 is 1.64 bits per heavy atom. The van der Waals surface area contributed by atoms with E-state index in [1.54, 1.807) is 13.3 Å². The Hall–Kier alpha value is -0.800. The van der Waals surface area contributed by atoms with Crippen LogP contribution in [0.15, 0.2) is 12.3 Å². The number of pyridine rings is 1. The van der Waals surface area contributed by atoms with Gasteiger partial charge in [0.05, 0.1) is 7.11 Å². The van der Waals surface area contributed by atoms with Crippen LogP contribution in [0.5, 0.6) is 5.88 Å². The summed E-state index contributed by atoms with van der Waals surface area (Å²) in [5.74, 6) is 0.914. The van der Waals surface area contributed by atoms with Crippen molar-refractivity contribution in [1.29, 1.82) is 0 Å². The van der Waals surface area contributed by atoms with Crippen molar-refractivity contribution >= 4 is 11.6 Å². The maximum Gasteiger partial charge on any atom is 0.232 e. The molecule has 14 heavy (non-hydrogen) atoms. The van der Waals surface area contributed by atoms with E-state index in [1.165, 1.54) is 0 Å². The summed E-state index contributed by atoms with van der Waals surface area (Å²) in [4.78, 5) is 4.09. The number of rotatable bonds is 4. The number of hydrogen-bond acceptors (Lipinski definition) is 3. The number of hydrogen-bond donors (Lipinski definition) is 1. The highest BCUT2D eigenvalue weighted by atomic mass is 35.5. The van der Waals surface area contributed by atoms with Crippen LogP contribution in [0.4, 0.5) is 0 Å². The van der Waals surface area contributed by atoms with Gasteiger partial charge in [-0.25, -0.2) is 4.98 Å². The average molecular weight is 215 g/mol. The summed E-state index contributed by atoms with van der Waals surface area (Å²) >= 11 is 5.94. The second-order valence-electron chi connectivity index (χ2n) is 3.38. The second kappa shape index (κ2) is 5.17. The topological polar surface area (TPSA) is 48.1 Å². The van der Waals surface area contributed by atoms with Crippen LogP contribution in [-0.2, 0) is 6.42 Å². The van der Waals surface area contributed by atoms with Crippen LogP contribution in [0.25, 0.3) is 0 Å². The molecule has 0 aliphatic carbocycles. The minimum absolute atomic E-state index is 0.446. The van der Waals surface area contributed by atoms with Gasteiger partial charge in [-0.05, 0) is 30.5 Å². The smallest absolute Gasteiger partial charge is 0.232 e. The van der Waals surface area contributed by atoms with Crippen molar-refractivity contribution in [3.8, 4) is 5.88 Å². The van der Waals surface area contributed by atoms with Gasteiger partial charge in [-0.1, -0.05) is 18.5 Å². The van der Waals surface area contributed by atoms with Gasteiger partial charge in [0.1, 0.15) is 5.02 Å². The van der Waals surface area contributed by atoms with Gasteiger partial charge in [-0.3, -0.25) is 0 Å². The third kappa shape index (κ3) is 2.86. The minimum atomic E-state index is 0.446. The van der Waals surface area contributed by atoms with Crippen LogP contribution in [0.3, 0.4) is 0 Å². The second-order valence-corrected chi connectivity index (χ2v) is 3.79. The normalized spacial score (nSPS) is 12.6. The van der Waals surface area contributed by atoms with E-state index in [0.29, 0.717) is 23.4 Å². The lowest BCUT2D eigenvalue weighted by Gasteiger charge is -2.09. The first-order chi connectivity index (χ1) is 6.67. The number of methoxy groups -OCH3 is 1. The van der Waals surface area contributed by atoms with Gasteiger partial charge < -0.3 is 10.5 Å². The Kier molecular flexibility index (Phi) is 4.17. The van der Waals surface area contributed by atoms with Gasteiger partial charge in [0.2, 0.25) is 5.88 Å². The van der Waals surface area contributed by atoms with Gasteiger partial charge in [0.15, 0.2) is 0 Å². The Labute approximate surface area is 89.2 Å². The maximum absolute atomic E-state index is 5.94. The quantitative estimate of drug-likeness (QED) is 0.833. The molecule has 1 aromatic rings. The number of aromatic nitrogens is 1. The van der Waals surface area contributed by atoms with E-state index >= 15 is 0 Å². The molecule has 1 rings (SSSR count). The number of ether oxygens (including phenoxy) is 1.